The number of fused-ring (bicyclic) bond motifs is 2. The lowest BCUT2D eigenvalue weighted by Crippen LogP contribution is -2.36. The van der Waals surface area contributed by atoms with E-state index in [-0.39, 0.29) is 12.0 Å². The summed E-state index contributed by atoms with van der Waals surface area (Å²) in [6.07, 6.45) is 2.98. The van der Waals surface area contributed by atoms with Gasteiger partial charge in [0.05, 0.1) is 12.2 Å². The molecule has 0 saturated carbocycles. The van der Waals surface area contributed by atoms with E-state index in [9.17, 15) is 15.0 Å². The number of hydrogen-bond donors (Lipinski definition) is 3. The Labute approximate surface area is 166 Å². The fraction of sp³-hybridized carbons (Fsp3) is 0.435. The van der Waals surface area contributed by atoms with Crippen LogP contribution in [0.1, 0.15) is 42.9 Å². The van der Waals surface area contributed by atoms with Gasteiger partial charge >= 0.3 is 0 Å². The number of anilines is 1. The summed E-state index contributed by atoms with van der Waals surface area (Å²) in [7, 11) is 0. The third-order valence-corrected chi connectivity index (χ3v) is 5.90. The van der Waals surface area contributed by atoms with E-state index >= 15 is 0 Å². The molecule has 1 saturated heterocycles. The highest BCUT2D eigenvalue weighted by molar-refractivity contribution is 5.93. The Morgan fingerprint density at radius 1 is 1.04 bits per heavy atom. The van der Waals surface area contributed by atoms with Crippen molar-refractivity contribution in [3.05, 3.63) is 53.6 Å². The van der Waals surface area contributed by atoms with Gasteiger partial charge in [-0.05, 0) is 54.0 Å². The van der Waals surface area contributed by atoms with E-state index in [0.29, 0.717) is 12.8 Å². The van der Waals surface area contributed by atoms with E-state index in [1.54, 1.807) is 0 Å². The first kappa shape index (κ1) is 19.1. The smallest absolute Gasteiger partial charge is 0.224 e. The van der Waals surface area contributed by atoms with Crippen LogP contribution in [-0.2, 0) is 11.2 Å². The van der Waals surface area contributed by atoms with Crippen molar-refractivity contribution in [3.8, 4) is 11.1 Å². The molecule has 1 aromatic carbocycles. The van der Waals surface area contributed by atoms with Crippen molar-refractivity contribution in [2.24, 2.45) is 0 Å². The second kappa shape index (κ2) is 8.43. The number of hydrogen-bond acceptors (Lipinski definition) is 4. The number of aliphatic hydroxyl groups excluding tert-OH is 2. The van der Waals surface area contributed by atoms with Gasteiger partial charge in [-0.1, -0.05) is 36.4 Å². The van der Waals surface area contributed by atoms with Gasteiger partial charge in [-0.15, -0.1) is 0 Å². The molecule has 2 aliphatic carbocycles. The van der Waals surface area contributed by atoms with Crippen molar-refractivity contribution < 1.29 is 15.0 Å². The Morgan fingerprint density at radius 3 is 2.32 bits per heavy atom. The predicted octanol–water partition coefficient (Wildman–Crippen LogP) is 3.12. The zero-order chi connectivity index (χ0) is 19.5. The number of benzene rings is 2. The maximum absolute atomic E-state index is 11.4. The van der Waals surface area contributed by atoms with Crippen LogP contribution in [0.3, 0.4) is 0 Å². The second-order valence-corrected chi connectivity index (χ2v) is 7.92. The summed E-state index contributed by atoms with van der Waals surface area (Å²) in [5.74, 6) is 0.0630. The molecule has 1 amide bonds. The molecule has 4 aliphatic rings. The highest BCUT2D eigenvalue weighted by Crippen LogP contribution is 2.29. The number of rotatable bonds is 4. The lowest BCUT2D eigenvalue weighted by Gasteiger charge is -2.30. The first-order chi connectivity index (χ1) is 13.6. The van der Waals surface area contributed by atoms with E-state index in [0.717, 1.165) is 55.7 Å². The number of amides is 1. The van der Waals surface area contributed by atoms with E-state index in [1.165, 1.54) is 11.1 Å². The third-order valence-electron chi connectivity index (χ3n) is 5.90. The van der Waals surface area contributed by atoms with Gasteiger partial charge < -0.3 is 20.4 Å². The van der Waals surface area contributed by atoms with Crippen LogP contribution in [0.4, 0.5) is 5.69 Å². The van der Waals surface area contributed by atoms with Crippen molar-refractivity contribution in [2.75, 3.05) is 25.0 Å². The number of aryl methyl sites for hydroxylation is 1. The average Bonchev–Trinajstić information content (AvgIpc) is 2.70. The molecule has 28 heavy (non-hydrogen) atoms. The first-order valence-corrected chi connectivity index (χ1v) is 10.2. The summed E-state index contributed by atoms with van der Waals surface area (Å²) in [5, 5.41) is 22.8. The summed E-state index contributed by atoms with van der Waals surface area (Å²) < 4.78 is 0. The molecule has 1 fully saturated rings. The average molecular weight is 380 g/mol. The summed E-state index contributed by atoms with van der Waals surface area (Å²) in [6, 6.07) is 14.3. The van der Waals surface area contributed by atoms with Gasteiger partial charge in [0, 0.05) is 31.7 Å². The number of likely N-dealkylation sites (tertiary alicyclic amines) is 1. The number of carbonyl (C=O) groups is 1. The molecule has 5 heteroatoms. The molecule has 0 radical (unpaired) electrons. The fourth-order valence-corrected chi connectivity index (χ4v) is 3.89. The molecule has 5 rings (SSSR count). The first-order valence-electron chi connectivity index (χ1n) is 10.2. The van der Waals surface area contributed by atoms with Crippen LogP contribution < -0.4 is 5.32 Å². The van der Waals surface area contributed by atoms with Gasteiger partial charge in [0.2, 0.25) is 5.91 Å². The largest absolute Gasteiger partial charge is 0.393 e. The monoisotopic (exact) mass is 380 g/mol. The Hall–Kier alpha value is -2.21. The number of carbonyl (C=O) groups excluding carboxylic acids is 1. The normalized spacial score (nSPS) is 19.1. The lowest BCUT2D eigenvalue weighted by atomic mass is 9.95. The summed E-state index contributed by atoms with van der Waals surface area (Å²) in [4.78, 5) is 13.7. The van der Waals surface area contributed by atoms with Crippen LogP contribution in [0, 0.1) is 0 Å². The van der Waals surface area contributed by atoms with Crippen molar-refractivity contribution >= 4 is 11.6 Å². The zero-order valence-corrected chi connectivity index (χ0v) is 16.1. The highest BCUT2D eigenvalue weighted by atomic mass is 16.3. The van der Waals surface area contributed by atoms with Gasteiger partial charge in [-0.3, -0.25) is 4.79 Å². The molecule has 2 heterocycles. The van der Waals surface area contributed by atoms with Gasteiger partial charge in [-0.2, -0.15) is 0 Å². The molecule has 148 valence electrons. The molecule has 0 spiro atoms. The molecular weight excluding hydrogens is 352 g/mol. The van der Waals surface area contributed by atoms with E-state index < -0.39 is 6.10 Å². The predicted molar refractivity (Wildman–Crippen MR) is 110 cm³/mol. The third kappa shape index (κ3) is 4.43. The molecular formula is C23H28N2O3. The van der Waals surface area contributed by atoms with E-state index in [4.69, 9.17) is 0 Å². The summed E-state index contributed by atoms with van der Waals surface area (Å²) in [5.41, 5.74) is 5.76. The van der Waals surface area contributed by atoms with Gasteiger partial charge in [0.25, 0.3) is 0 Å². The van der Waals surface area contributed by atoms with E-state index in [2.05, 4.69) is 34.5 Å². The maximum atomic E-state index is 11.4. The fourth-order valence-electron chi connectivity index (χ4n) is 3.89. The van der Waals surface area contributed by atoms with Crippen molar-refractivity contribution in [1.82, 2.24) is 4.90 Å². The number of nitrogens with zero attached hydrogens (tertiary/aromatic N) is 1. The second-order valence-electron chi connectivity index (χ2n) is 7.92. The quantitative estimate of drug-likeness (QED) is 0.650. The lowest BCUT2D eigenvalue weighted by molar-refractivity contribution is -0.116. The van der Waals surface area contributed by atoms with Gasteiger partial charge in [-0.25, -0.2) is 0 Å². The molecule has 1 atom stereocenters. The number of nitrogens with one attached hydrogen (secondary N) is 1. The van der Waals surface area contributed by atoms with Crippen LogP contribution in [-0.4, -0.2) is 46.8 Å². The molecule has 5 nitrogen and oxygen atoms in total. The van der Waals surface area contributed by atoms with Crippen LogP contribution in [0.15, 0.2) is 42.5 Å². The van der Waals surface area contributed by atoms with Crippen molar-refractivity contribution in [1.29, 1.82) is 0 Å². The minimum Gasteiger partial charge on any atom is -0.393 e. The standard InChI is InChI=1S/C17H24N2O3.C6H4/c20-14-5-8-19(9-6-14)10-7-16(21)13-1-3-15-12(11-13)2-4-17(22)18-15;1-2-6-4-3-5(1)6/h1,3,11,14,16,20-21H,2,4-10H2,(H,18,22);1-4H. The van der Waals surface area contributed by atoms with Crippen molar-refractivity contribution in [3.63, 3.8) is 0 Å². The van der Waals surface area contributed by atoms with Gasteiger partial charge in [0.15, 0.2) is 0 Å². The molecule has 0 bridgehead atoms. The van der Waals surface area contributed by atoms with Crippen LogP contribution in [0.2, 0.25) is 0 Å². The minimum atomic E-state index is -0.477. The van der Waals surface area contributed by atoms with E-state index in [1.807, 2.05) is 18.2 Å². The Bertz CT molecular complexity index is 805. The summed E-state index contributed by atoms with van der Waals surface area (Å²) in [6.45, 7) is 2.66. The maximum Gasteiger partial charge on any atom is 0.224 e. The highest BCUT2D eigenvalue weighted by Gasteiger charge is 2.20. The van der Waals surface area contributed by atoms with Gasteiger partial charge in [0.1, 0.15) is 0 Å². The number of piperidine rings is 1. The Balaban J connectivity index is 0.000000268. The zero-order valence-electron chi connectivity index (χ0n) is 16.1. The van der Waals surface area contributed by atoms with Crippen LogP contribution in [0.5, 0.6) is 0 Å². The topological polar surface area (TPSA) is 72.8 Å². The van der Waals surface area contributed by atoms with Crippen molar-refractivity contribution in [2.45, 2.75) is 44.3 Å². The Kier molecular flexibility index (Phi) is 5.76. The Morgan fingerprint density at radius 2 is 1.71 bits per heavy atom. The van der Waals surface area contributed by atoms with Crippen LogP contribution >= 0.6 is 0 Å². The number of aliphatic hydroxyl groups is 2. The molecule has 2 aliphatic heterocycles. The molecule has 1 aromatic rings. The van der Waals surface area contributed by atoms with Crippen LogP contribution in [0.25, 0.3) is 11.1 Å². The molecule has 0 aromatic heterocycles. The summed E-state index contributed by atoms with van der Waals surface area (Å²) >= 11 is 0. The molecule has 1 unspecified atom stereocenters. The minimum absolute atomic E-state index is 0.0630. The molecule has 3 N–H and O–H groups in total. The SMILES string of the molecule is O=C1CCc2cc(C(O)CCN3CCC(O)CC3)ccc2N1.c1cc2ccc1-2.